The van der Waals surface area contributed by atoms with Crippen molar-refractivity contribution in [3.05, 3.63) is 53.6 Å². The number of piperidine rings is 1. The molecule has 5 nitrogen and oxygen atoms in total. The third-order valence-electron chi connectivity index (χ3n) is 5.26. The summed E-state index contributed by atoms with van der Waals surface area (Å²) in [6, 6.07) is 13.2. The quantitative estimate of drug-likeness (QED) is 0.751. The van der Waals surface area contributed by atoms with Crippen LogP contribution in [0.1, 0.15) is 37.0 Å². The van der Waals surface area contributed by atoms with Crippen LogP contribution in [0.5, 0.6) is 0 Å². The Morgan fingerprint density at radius 2 is 1.81 bits per heavy atom. The first kappa shape index (κ1) is 17.7. The molecule has 3 heterocycles. The molecule has 0 unspecified atom stereocenters. The summed E-state index contributed by atoms with van der Waals surface area (Å²) in [5.41, 5.74) is 4.46. The molecule has 4 rings (SSSR count). The molecule has 0 radical (unpaired) electrons. The molecule has 1 fully saturated rings. The Kier molecular flexibility index (Phi) is 4.92. The van der Waals surface area contributed by atoms with Gasteiger partial charge in [-0.2, -0.15) is 0 Å². The Morgan fingerprint density at radius 3 is 2.56 bits per heavy atom. The molecule has 0 aliphatic carbocycles. The van der Waals surface area contributed by atoms with Gasteiger partial charge < -0.3 is 10.2 Å². The summed E-state index contributed by atoms with van der Waals surface area (Å²) < 4.78 is 0. The number of rotatable bonds is 4. The van der Waals surface area contributed by atoms with Gasteiger partial charge in [-0.3, -0.25) is 4.98 Å². The predicted molar refractivity (Wildman–Crippen MR) is 111 cm³/mol. The fraction of sp³-hybridized carbons (Fsp3) is 0.409. The molecule has 1 saturated heterocycles. The normalized spacial score (nSPS) is 15.3. The van der Waals surface area contributed by atoms with Crippen molar-refractivity contribution in [3.8, 4) is 0 Å². The van der Waals surface area contributed by atoms with Gasteiger partial charge in [0.15, 0.2) is 0 Å². The van der Waals surface area contributed by atoms with Crippen LogP contribution in [-0.4, -0.2) is 34.1 Å². The van der Waals surface area contributed by atoms with E-state index in [4.69, 9.17) is 4.98 Å². The van der Waals surface area contributed by atoms with E-state index in [0.717, 1.165) is 60.9 Å². The second-order valence-corrected chi connectivity index (χ2v) is 7.35. The Morgan fingerprint density at radius 1 is 1.04 bits per heavy atom. The molecule has 140 valence electrons. The first-order chi connectivity index (χ1) is 13.1. The Hall–Kier alpha value is -2.69. The summed E-state index contributed by atoms with van der Waals surface area (Å²) in [4.78, 5) is 16.1. The van der Waals surface area contributed by atoms with Crippen molar-refractivity contribution in [1.82, 2.24) is 15.0 Å². The number of hydrogen-bond donors (Lipinski definition) is 1. The van der Waals surface area contributed by atoms with Crippen LogP contribution < -0.4 is 10.2 Å². The lowest BCUT2D eigenvalue weighted by atomic mass is 10.0. The summed E-state index contributed by atoms with van der Waals surface area (Å²) in [5, 5.41) is 5.00. The van der Waals surface area contributed by atoms with Crippen molar-refractivity contribution in [1.29, 1.82) is 0 Å². The molecule has 0 amide bonds. The van der Waals surface area contributed by atoms with Crippen molar-refractivity contribution < 1.29 is 0 Å². The molecule has 0 atom stereocenters. The second kappa shape index (κ2) is 7.51. The molecular weight excluding hydrogens is 334 g/mol. The molecule has 1 aromatic carbocycles. The molecule has 0 saturated carbocycles. The van der Waals surface area contributed by atoms with Crippen LogP contribution in [0.25, 0.3) is 10.9 Å². The van der Waals surface area contributed by atoms with Crippen LogP contribution in [0, 0.1) is 13.8 Å². The standard InChI is InChI=1S/C22H27N5/c1-4-17-14-21(19-7-5-6-8-20(19)25-17)26-18-9-11-27(12-10-18)22-13-15(2)23-16(3)24-22/h5-8,13-14,18H,4,9-12H2,1-3H3,(H,25,26). The third kappa shape index (κ3) is 3.87. The minimum absolute atomic E-state index is 0.473. The maximum atomic E-state index is 4.75. The van der Waals surface area contributed by atoms with Gasteiger partial charge in [0.2, 0.25) is 0 Å². The van der Waals surface area contributed by atoms with Crippen molar-refractivity contribution in [3.63, 3.8) is 0 Å². The Bertz CT molecular complexity index is 924. The van der Waals surface area contributed by atoms with Crippen molar-refractivity contribution in [2.45, 2.75) is 46.1 Å². The van der Waals surface area contributed by atoms with E-state index in [1.807, 2.05) is 13.8 Å². The van der Waals surface area contributed by atoms with Crippen LogP contribution in [0.2, 0.25) is 0 Å². The van der Waals surface area contributed by atoms with E-state index >= 15 is 0 Å². The number of anilines is 2. The van der Waals surface area contributed by atoms with Crippen molar-refractivity contribution in [2.75, 3.05) is 23.3 Å². The summed E-state index contributed by atoms with van der Waals surface area (Å²) in [6.45, 7) is 8.18. The average molecular weight is 361 g/mol. The summed E-state index contributed by atoms with van der Waals surface area (Å²) >= 11 is 0. The van der Waals surface area contributed by atoms with Crippen LogP contribution in [0.4, 0.5) is 11.5 Å². The lowest BCUT2D eigenvalue weighted by molar-refractivity contribution is 0.523. The van der Waals surface area contributed by atoms with Crippen molar-refractivity contribution in [2.24, 2.45) is 0 Å². The number of nitrogens with zero attached hydrogens (tertiary/aromatic N) is 4. The SMILES string of the molecule is CCc1cc(NC2CCN(c3cc(C)nc(C)n3)CC2)c2ccccc2n1. The Balaban J connectivity index is 1.49. The fourth-order valence-corrected chi connectivity index (χ4v) is 3.86. The van der Waals surface area contributed by atoms with Crippen molar-refractivity contribution >= 4 is 22.4 Å². The summed E-state index contributed by atoms with van der Waals surface area (Å²) in [6.07, 6.45) is 3.14. The molecular formula is C22H27N5. The molecule has 0 spiro atoms. The van der Waals surface area contributed by atoms with E-state index in [1.54, 1.807) is 0 Å². The number of fused-ring (bicyclic) bond motifs is 1. The smallest absolute Gasteiger partial charge is 0.132 e. The zero-order valence-electron chi connectivity index (χ0n) is 16.4. The van der Waals surface area contributed by atoms with Crippen LogP contribution >= 0.6 is 0 Å². The monoisotopic (exact) mass is 361 g/mol. The van der Waals surface area contributed by atoms with E-state index in [1.165, 1.54) is 11.1 Å². The molecule has 0 bridgehead atoms. The van der Waals surface area contributed by atoms with Gasteiger partial charge in [-0.1, -0.05) is 25.1 Å². The maximum absolute atomic E-state index is 4.75. The molecule has 1 aliphatic rings. The van der Waals surface area contributed by atoms with E-state index < -0.39 is 0 Å². The molecule has 2 aromatic heterocycles. The van der Waals surface area contributed by atoms with Gasteiger partial charge in [0.1, 0.15) is 11.6 Å². The molecule has 27 heavy (non-hydrogen) atoms. The number of benzene rings is 1. The highest BCUT2D eigenvalue weighted by atomic mass is 15.2. The number of hydrogen-bond acceptors (Lipinski definition) is 5. The number of aryl methyl sites for hydroxylation is 3. The van der Waals surface area contributed by atoms with Gasteiger partial charge in [-0.25, -0.2) is 9.97 Å². The molecule has 1 N–H and O–H groups in total. The molecule has 1 aliphatic heterocycles. The predicted octanol–water partition coefficient (Wildman–Crippen LogP) is 4.28. The third-order valence-corrected chi connectivity index (χ3v) is 5.26. The second-order valence-electron chi connectivity index (χ2n) is 7.35. The van der Waals surface area contributed by atoms with Crippen LogP contribution in [0.3, 0.4) is 0 Å². The zero-order valence-corrected chi connectivity index (χ0v) is 16.4. The van der Waals surface area contributed by atoms with E-state index in [2.05, 4.69) is 63.5 Å². The number of para-hydroxylation sites is 1. The van der Waals surface area contributed by atoms with Gasteiger partial charge in [-0.15, -0.1) is 0 Å². The number of aromatic nitrogens is 3. The highest BCUT2D eigenvalue weighted by Crippen LogP contribution is 2.27. The largest absolute Gasteiger partial charge is 0.382 e. The van der Waals surface area contributed by atoms with Gasteiger partial charge >= 0.3 is 0 Å². The molecule has 3 aromatic rings. The minimum Gasteiger partial charge on any atom is -0.382 e. The maximum Gasteiger partial charge on any atom is 0.132 e. The van der Waals surface area contributed by atoms with Gasteiger partial charge in [0, 0.05) is 47.7 Å². The average Bonchev–Trinajstić information content (AvgIpc) is 2.67. The minimum atomic E-state index is 0.473. The highest BCUT2D eigenvalue weighted by Gasteiger charge is 2.21. The van der Waals surface area contributed by atoms with E-state index in [9.17, 15) is 0 Å². The summed E-state index contributed by atoms with van der Waals surface area (Å²) in [5.74, 6) is 1.90. The van der Waals surface area contributed by atoms with E-state index in [-0.39, 0.29) is 0 Å². The Labute approximate surface area is 160 Å². The van der Waals surface area contributed by atoms with Gasteiger partial charge in [0.25, 0.3) is 0 Å². The highest BCUT2D eigenvalue weighted by molar-refractivity contribution is 5.91. The lowest BCUT2D eigenvalue weighted by Crippen LogP contribution is -2.39. The number of pyridine rings is 1. The number of nitrogens with one attached hydrogen (secondary N) is 1. The first-order valence-electron chi connectivity index (χ1n) is 9.85. The summed E-state index contributed by atoms with van der Waals surface area (Å²) in [7, 11) is 0. The topological polar surface area (TPSA) is 53.9 Å². The fourth-order valence-electron chi connectivity index (χ4n) is 3.86. The zero-order chi connectivity index (χ0) is 18.8. The van der Waals surface area contributed by atoms with Gasteiger partial charge in [-0.05, 0) is 45.2 Å². The van der Waals surface area contributed by atoms with Crippen LogP contribution in [-0.2, 0) is 6.42 Å². The first-order valence-corrected chi connectivity index (χ1v) is 9.85. The van der Waals surface area contributed by atoms with E-state index in [0.29, 0.717) is 6.04 Å². The van der Waals surface area contributed by atoms with Crippen LogP contribution in [0.15, 0.2) is 36.4 Å². The van der Waals surface area contributed by atoms with Gasteiger partial charge in [0.05, 0.1) is 5.52 Å². The molecule has 5 heteroatoms. The lowest BCUT2D eigenvalue weighted by Gasteiger charge is -2.34.